The zero-order valence-electron chi connectivity index (χ0n) is 16.8. The Labute approximate surface area is 181 Å². The molecule has 3 aliphatic rings. The van der Waals surface area contributed by atoms with Crippen LogP contribution in [0.5, 0.6) is 0 Å². The molecular formula is C28H17BN2. The molecule has 0 radical (unpaired) electrons. The average molecular weight is 392 g/mol. The van der Waals surface area contributed by atoms with E-state index in [4.69, 9.17) is 0 Å². The molecule has 5 aromatic carbocycles. The minimum absolute atomic E-state index is 0.108. The summed E-state index contributed by atoms with van der Waals surface area (Å²) in [6, 6.07) is 37.9. The number of hydrogen-bond acceptors (Lipinski definition) is 2. The van der Waals surface area contributed by atoms with E-state index in [0.29, 0.717) is 0 Å². The standard InChI is InChI=1S/C28H17BN2/c1-3-14-23-19(10-1)21-12-7-13-22-20-11-2-4-15-24(20)31-26-17-6-9-18-8-5-16-25(27(18)26)30(23)29(31)28(21)22/h1-17H. The third-order valence-electron chi connectivity index (χ3n) is 7.14. The molecule has 142 valence electrons. The van der Waals surface area contributed by atoms with Gasteiger partial charge in [-0.2, -0.15) is 0 Å². The van der Waals surface area contributed by atoms with Crippen molar-refractivity contribution >= 4 is 46.0 Å². The van der Waals surface area contributed by atoms with Crippen molar-refractivity contribution in [2.75, 3.05) is 9.62 Å². The molecule has 0 bridgehead atoms. The third kappa shape index (κ3) is 1.77. The van der Waals surface area contributed by atoms with Crippen molar-refractivity contribution in [3.8, 4) is 22.3 Å². The number of fused-ring (bicyclic) bond motifs is 8. The van der Waals surface area contributed by atoms with Gasteiger partial charge in [-0.15, -0.1) is 0 Å². The Hall–Kier alpha value is -3.98. The number of anilines is 4. The Bertz CT molecular complexity index is 1460. The maximum absolute atomic E-state index is 2.56. The van der Waals surface area contributed by atoms with E-state index in [-0.39, 0.29) is 6.98 Å². The molecule has 2 nitrogen and oxygen atoms in total. The number of nitrogens with zero attached hydrogens (tertiary/aromatic N) is 2. The second-order valence-electron chi connectivity index (χ2n) is 8.57. The lowest BCUT2D eigenvalue weighted by Crippen LogP contribution is -2.63. The second kappa shape index (κ2) is 5.38. The number of rotatable bonds is 0. The van der Waals surface area contributed by atoms with Gasteiger partial charge in [0.1, 0.15) is 0 Å². The van der Waals surface area contributed by atoms with Crippen molar-refractivity contribution in [3.05, 3.63) is 103 Å². The molecule has 0 saturated carbocycles. The normalized spacial score (nSPS) is 14.3. The van der Waals surface area contributed by atoms with E-state index in [0.717, 1.165) is 0 Å². The second-order valence-corrected chi connectivity index (χ2v) is 8.57. The molecule has 0 aliphatic carbocycles. The van der Waals surface area contributed by atoms with Crippen molar-refractivity contribution in [3.63, 3.8) is 0 Å². The Kier molecular flexibility index (Phi) is 2.75. The van der Waals surface area contributed by atoms with Crippen LogP contribution < -0.4 is 15.1 Å². The van der Waals surface area contributed by atoms with Crippen molar-refractivity contribution in [2.24, 2.45) is 0 Å². The van der Waals surface area contributed by atoms with Crippen LogP contribution in [-0.2, 0) is 0 Å². The van der Waals surface area contributed by atoms with Crippen LogP contribution in [0.3, 0.4) is 0 Å². The van der Waals surface area contributed by atoms with Gasteiger partial charge in [0.25, 0.3) is 0 Å². The van der Waals surface area contributed by atoms with Crippen LogP contribution in [0.1, 0.15) is 0 Å². The summed E-state index contributed by atoms with van der Waals surface area (Å²) in [6.07, 6.45) is 0. The van der Waals surface area contributed by atoms with Crippen LogP contribution in [0.2, 0.25) is 0 Å². The summed E-state index contributed by atoms with van der Waals surface area (Å²) >= 11 is 0. The van der Waals surface area contributed by atoms with Gasteiger partial charge in [-0.05, 0) is 46.2 Å². The lowest BCUT2D eigenvalue weighted by atomic mass is 9.52. The van der Waals surface area contributed by atoms with E-state index in [1.54, 1.807) is 0 Å². The van der Waals surface area contributed by atoms with E-state index in [1.807, 2.05) is 0 Å². The summed E-state index contributed by atoms with van der Waals surface area (Å²) in [6.45, 7) is 0.108. The van der Waals surface area contributed by atoms with Crippen LogP contribution in [-0.4, -0.2) is 6.98 Å². The van der Waals surface area contributed by atoms with Gasteiger partial charge in [-0.1, -0.05) is 78.9 Å². The molecule has 0 spiro atoms. The summed E-state index contributed by atoms with van der Waals surface area (Å²) < 4.78 is 0. The highest BCUT2D eigenvalue weighted by Crippen LogP contribution is 2.54. The van der Waals surface area contributed by atoms with Crippen LogP contribution in [0.4, 0.5) is 22.7 Å². The number of hydrogen-bond donors (Lipinski definition) is 0. The minimum Gasteiger partial charge on any atom is -0.360 e. The van der Waals surface area contributed by atoms with Gasteiger partial charge in [0.05, 0.1) is 0 Å². The fourth-order valence-electron chi connectivity index (χ4n) is 6.00. The lowest BCUT2D eigenvalue weighted by Gasteiger charge is -2.51. The molecule has 3 heterocycles. The number of para-hydroxylation sites is 2. The predicted molar refractivity (Wildman–Crippen MR) is 131 cm³/mol. The van der Waals surface area contributed by atoms with Gasteiger partial charge in [0.15, 0.2) is 0 Å². The highest BCUT2D eigenvalue weighted by atomic mass is 15.3. The fourth-order valence-corrected chi connectivity index (χ4v) is 6.00. The lowest BCUT2D eigenvalue weighted by molar-refractivity contribution is 1.25. The maximum atomic E-state index is 2.56. The van der Waals surface area contributed by atoms with Crippen LogP contribution in [0.15, 0.2) is 103 Å². The minimum atomic E-state index is 0.108. The van der Waals surface area contributed by atoms with Gasteiger partial charge in [0, 0.05) is 39.3 Å². The SMILES string of the molecule is c1ccc2c(c1)-c1cccc3c1B1N2c2cccc4cccc(c24)N1c1ccccc1-3. The molecule has 0 N–H and O–H groups in total. The van der Waals surface area contributed by atoms with Crippen molar-refractivity contribution in [2.45, 2.75) is 0 Å². The molecule has 0 atom stereocenters. The molecule has 0 unspecified atom stereocenters. The molecule has 0 saturated heterocycles. The monoisotopic (exact) mass is 392 g/mol. The van der Waals surface area contributed by atoms with Gasteiger partial charge in [0.2, 0.25) is 0 Å². The summed E-state index contributed by atoms with van der Waals surface area (Å²) in [7, 11) is 0. The van der Waals surface area contributed by atoms with Crippen LogP contribution in [0, 0.1) is 0 Å². The predicted octanol–water partition coefficient (Wildman–Crippen LogP) is 6.49. The topological polar surface area (TPSA) is 6.48 Å². The zero-order valence-corrected chi connectivity index (χ0v) is 16.8. The highest BCUT2D eigenvalue weighted by Gasteiger charge is 2.49. The van der Waals surface area contributed by atoms with Crippen LogP contribution in [0.25, 0.3) is 33.0 Å². The smallest absolute Gasteiger partial charge is 0.360 e. The zero-order chi connectivity index (χ0) is 20.1. The Morgan fingerprint density at radius 2 is 0.871 bits per heavy atom. The maximum Gasteiger partial charge on any atom is 0.421 e. The largest absolute Gasteiger partial charge is 0.421 e. The molecule has 8 rings (SSSR count). The first kappa shape index (κ1) is 15.8. The fraction of sp³-hybridized carbons (Fsp3) is 0. The Morgan fingerprint density at radius 1 is 0.419 bits per heavy atom. The average Bonchev–Trinajstić information content (AvgIpc) is 2.84. The van der Waals surface area contributed by atoms with Crippen LogP contribution >= 0.6 is 0 Å². The van der Waals surface area contributed by atoms with E-state index in [2.05, 4.69) is 113 Å². The summed E-state index contributed by atoms with van der Waals surface area (Å²) in [5.41, 5.74) is 11.9. The molecule has 3 heteroatoms. The van der Waals surface area contributed by atoms with Gasteiger partial charge in [-0.3, -0.25) is 0 Å². The molecule has 0 amide bonds. The van der Waals surface area contributed by atoms with Crippen molar-refractivity contribution < 1.29 is 0 Å². The van der Waals surface area contributed by atoms with Gasteiger partial charge < -0.3 is 9.62 Å². The molecule has 0 aromatic heterocycles. The van der Waals surface area contributed by atoms with Gasteiger partial charge >= 0.3 is 6.98 Å². The van der Waals surface area contributed by atoms with E-state index >= 15 is 0 Å². The molecule has 5 aromatic rings. The Morgan fingerprint density at radius 3 is 1.45 bits per heavy atom. The summed E-state index contributed by atoms with van der Waals surface area (Å²) in [4.78, 5) is 5.12. The first-order valence-corrected chi connectivity index (χ1v) is 10.8. The van der Waals surface area contributed by atoms with E-state index in [1.165, 1.54) is 61.2 Å². The van der Waals surface area contributed by atoms with Gasteiger partial charge in [-0.25, -0.2) is 0 Å². The Balaban J connectivity index is 1.63. The summed E-state index contributed by atoms with van der Waals surface area (Å²) in [5.74, 6) is 0. The number of benzene rings is 5. The summed E-state index contributed by atoms with van der Waals surface area (Å²) in [5, 5.41) is 2.61. The third-order valence-corrected chi connectivity index (χ3v) is 7.14. The van der Waals surface area contributed by atoms with E-state index in [9.17, 15) is 0 Å². The molecule has 0 fully saturated rings. The molecule has 31 heavy (non-hydrogen) atoms. The highest BCUT2D eigenvalue weighted by molar-refractivity contribution is 6.87. The molecule has 3 aliphatic heterocycles. The van der Waals surface area contributed by atoms with E-state index < -0.39 is 0 Å². The molecular weight excluding hydrogens is 375 g/mol. The quantitative estimate of drug-likeness (QED) is 0.278. The first-order chi connectivity index (χ1) is 15.4. The first-order valence-electron chi connectivity index (χ1n) is 10.8. The van der Waals surface area contributed by atoms with Crippen molar-refractivity contribution in [1.29, 1.82) is 0 Å². The van der Waals surface area contributed by atoms with Crippen molar-refractivity contribution in [1.82, 2.24) is 0 Å².